The van der Waals surface area contributed by atoms with Crippen LogP contribution in [0.4, 0.5) is 10.1 Å². The van der Waals surface area contributed by atoms with E-state index in [9.17, 15) is 14.0 Å². The van der Waals surface area contributed by atoms with Crippen molar-refractivity contribution in [2.45, 2.75) is 6.42 Å². The molecule has 0 spiro atoms. The second kappa shape index (κ2) is 10.5. The highest BCUT2D eigenvalue weighted by atomic mass is 35.5. The number of esters is 1. The fourth-order valence-corrected chi connectivity index (χ4v) is 4.06. The molecule has 10 heteroatoms. The maximum atomic E-state index is 13.5. The van der Waals surface area contributed by atoms with Crippen LogP contribution in [0.25, 0.3) is 0 Å². The van der Waals surface area contributed by atoms with Gasteiger partial charge in [-0.1, -0.05) is 17.7 Å². The highest BCUT2D eigenvalue weighted by Gasteiger charge is 2.34. The van der Waals surface area contributed by atoms with Crippen molar-refractivity contribution in [3.63, 3.8) is 0 Å². The summed E-state index contributed by atoms with van der Waals surface area (Å²) in [7, 11) is 4.33. The number of nitrogens with zero attached hydrogens (tertiary/aromatic N) is 2. The maximum absolute atomic E-state index is 13.5. The van der Waals surface area contributed by atoms with E-state index in [4.69, 9.17) is 21.1 Å². The molecule has 0 unspecified atom stereocenters. The van der Waals surface area contributed by atoms with E-state index in [-0.39, 0.29) is 22.4 Å². The van der Waals surface area contributed by atoms with Crippen LogP contribution in [0.15, 0.2) is 52.4 Å². The van der Waals surface area contributed by atoms with E-state index in [0.29, 0.717) is 28.8 Å². The summed E-state index contributed by atoms with van der Waals surface area (Å²) in [6.07, 6.45) is 1.61. The maximum Gasteiger partial charge on any atom is 0.331 e. The summed E-state index contributed by atoms with van der Waals surface area (Å²) in [4.78, 5) is 30.7. The van der Waals surface area contributed by atoms with Gasteiger partial charge in [0.25, 0.3) is 5.91 Å². The van der Waals surface area contributed by atoms with Crippen LogP contribution < -0.4 is 9.47 Å². The van der Waals surface area contributed by atoms with E-state index >= 15 is 0 Å². The first-order valence-corrected chi connectivity index (χ1v) is 10.6. The van der Waals surface area contributed by atoms with Crippen LogP contribution in [0.2, 0.25) is 5.02 Å². The zero-order valence-electron chi connectivity index (χ0n) is 17.6. The van der Waals surface area contributed by atoms with Crippen LogP contribution in [0, 0.1) is 5.82 Å². The molecule has 168 valence electrons. The van der Waals surface area contributed by atoms with Gasteiger partial charge in [0.15, 0.2) is 16.7 Å². The van der Waals surface area contributed by atoms with E-state index in [2.05, 4.69) is 9.73 Å². The van der Waals surface area contributed by atoms with Gasteiger partial charge in [0.05, 0.1) is 36.9 Å². The van der Waals surface area contributed by atoms with Gasteiger partial charge in [0.1, 0.15) is 5.82 Å². The van der Waals surface area contributed by atoms with Crippen molar-refractivity contribution in [2.75, 3.05) is 27.9 Å². The molecule has 1 amide bonds. The minimum Gasteiger partial charge on any atom is -0.493 e. The van der Waals surface area contributed by atoms with Gasteiger partial charge in [0.2, 0.25) is 0 Å². The number of carbonyl (C=O) groups excluding carboxylic acids is 2. The molecule has 0 saturated carbocycles. The monoisotopic (exact) mass is 478 g/mol. The third-order valence-corrected chi connectivity index (χ3v) is 5.83. The fourth-order valence-electron chi connectivity index (χ4n) is 2.90. The molecule has 2 aromatic carbocycles. The number of thioether (sulfide) groups is 1. The molecule has 1 aliphatic rings. The van der Waals surface area contributed by atoms with Crippen LogP contribution in [0.1, 0.15) is 5.56 Å². The number of hydrogen-bond donors (Lipinski definition) is 0. The lowest BCUT2D eigenvalue weighted by molar-refractivity contribution is -0.135. The Labute approximate surface area is 193 Å². The standard InChI is InChI=1S/C22H20ClFN2O5S/c1-29-17-7-4-13(10-18(17)30-2)8-9-26-21(28)19(12-20(27)31-3)32-22(26)25-14-5-6-16(24)15(23)11-14/h4-7,10-12H,8-9H2,1-3H3. The summed E-state index contributed by atoms with van der Waals surface area (Å²) >= 11 is 6.88. The summed E-state index contributed by atoms with van der Waals surface area (Å²) < 4.78 is 28.7. The van der Waals surface area contributed by atoms with Crippen molar-refractivity contribution < 1.29 is 28.2 Å². The molecule has 0 aliphatic carbocycles. The Bertz CT molecular complexity index is 1110. The van der Waals surface area contributed by atoms with E-state index in [1.54, 1.807) is 20.3 Å². The van der Waals surface area contributed by atoms with E-state index in [1.807, 2.05) is 12.1 Å². The minimum absolute atomic E-state index is 0.0802. The lowest BCUT2D eigenvalue weighted by atomic mass is 10.1. The summed E-state index contributed by atoms with van der Waals surface area (Å²) in [6, 6.07) is 9.50. The molecule has 2 aromatic rings. The zero-order valence-corrected chi connectivity index (χ0v) is 19.1. The third-order valence-electron chi connectivity index (χ3n) is 4.54. The predicted octanol–water partition coefficient (Wildman–Crippen LogP) is 4.36. The molecular formula is C22H20ClFN2O5S. The Morgan fingerprint density at radius 2 is 1.91 bits per heavy atom. The van der Waals surface area contributed by atoms with Gasteiger partial charge in [-0.25, -0.2) is 14.2 Å². The lowest BCUT2D eigenvalue weighted by Crippen LogP contribution is -2.31. The smallest absolute Gasteiger partial charge is 0.331 e. The average molecular weight is 479 g/mol. The van der Waals surface area contributed by atoms with Gasteiger partial charge in [-0.3, -0.25) is 9.69 Å². The zero-order chi connectivity index (χ0) is 23.3. The summed E-state index contributed by atoms with van der Waals surface area (Å²) in [5.74, 6) is -0.419. The van der Waals surface area contributed by atoms with Gasteiger partial charge >= 0.3 is 5.97 Å². The number of methoxy groups -OCH3 is 3. The first kappa shape index (κ1) is 23.6. The molecule has 0 radical (unpaired) electrons. The first-order valence-electron chi connectivity index (χ1n) is 9.40. The van der Waals surface area contributed by atoms with Crippen molar-refractivity contribution in [2.24, 2.45) is 4.99 Å². The number of amidine groups is 1. The van der Waals surface area contributed by atoms with E-state index < -0.39 is 11.8 Å². The van der Waals surface area contributed by atoms with Gasteiger partial charge in [0, 0.05) is 12.6 Å². The van der Waals surface area contributed by atoms with Gasteiger partial charge in [-0.2, -0.15) is 0 Å². The van der Waals surface area contributed by atoms with Crippen molar-refractivity contribution in [1.82, 2.24) is 4.90 Å². The largest absolute Gasteiger partial charge is 0.493 e. The number of ether oxygens (including phenoxy) is 3. The number of halogens is 2. The highest BCUT2D eigenvalue weighted by Crippen LogP contribution is 2.34. The van der Waals surface area contributed by atoms with Gasteiger partial charge < -0.3 is 14.2 Å². The topological polar surface area (TPSA) is 77.4 Å². The van der Waals surface area contributed by atoms with E-state index in [1.165, 1.54) is 30.2 Å². The molecule has 0 atom stereocenters. The van der Waals surface area contributed by atoms with Crippen LogP contribution in [-0.4, -0.2) is 49.8 Å². The Morgan fingerprint density at radius 1 is 1.16 bits per heavy atom. The third kappa shape index (κ3) is 5.41. The summed E-state index contributed by atoms with van der Waals surface area (Å²) in [5, 5.41) is 0.261. The number of hydrogen-bond acceptors (Lipinski definition) is 7. The van der Waals surface area contributed by atoms with Gasteiger partial charge in [-0.15, -0.1) is 0 Å². The molecule has 1 fully saturated rings. The van der Waals surface area contributed by atoms with Crippen LogP contribution >= 0.6 is 23.4 Å². The number of carbonyl (C=O) groups is 2. The first-order chi connectivity index (χ1) is 15.4. The Balaban J connectivity index is 1.89. The molecular weight excluding hydrogens is 459 g/mol. The quantitative estimate of drug-likeness (QED) is 0.434. The van der Waals surface area contributed by atoms with Crippen molar-refractivity contribution in [3.8, 4) is 11.5 Å². The summed E-state index contributed by atoms with van der Waals surface area (Å²) in [6.45, 7) is 0.285. The van der Waals surface area contributed by atoms with E-state index in [0.717, 1.165) is 23.4 Å². The molecule has 0 aromatic heterocycles. The minimum atomic E-state index is -0.647. The normalized spacial score (nSPS) is 16.0. The Hall–Kier alpha value is -3.04. The molecule has 0 bridgehead atoms. The van der Waals surface area contributed by atoms with Crippen molar-refractivity contribution >= 4 is 46.1 Å². The molecule has 1 aliphatic heterocycles. The Kier molecular flexibility index (Phi) is 7.76. The highest BCUT2D eigenvalue weighted by molar-refractivity contribution is 8.18. The Morgan fingerprint density at radius 3 is 2.56 bits per heavy atom. The van der Waals surface area contributed by atoms with Crippen molar-refractivity contribution in [1.29, 1.82) is 0 Å². The lowest BCUT2D eigenvalue weighted by Gasteiger charge is -2.16. The van der Waals surface area contributed by atoms with Crippen LogP contribution in [-0.2, 0) is 20.7 Å². The second-order valence-electron chi connectivity index (χ2n) is 6.52. The molecule has 0 N–H and O–H groups in total. The van der Waals surface area contributed by atoms with Gasteiger partial charge in [-0.05, 0) is 54.1 Å². The molecule has 1 heterocycles. The predicted molar refractivity (Wildman–Crippen MR) is 121 cm³/mol. The second-order valence-corrected chi connectivity index (χ2v) is 7.94. The van der Waals surface area contributed by atoms with Crippen LogP contribution in [0.5, 0.6) is 11.5 Å². The fraction of sp³-hybridized carbons (Fsp3) is 0.227. The SMILES string of the molecule is COC(=O)C=C1SC(=Nc2ccc(F)c(Cl)c2)N(CCc2ccc(OC)c(OC)c2)C1=O. The molecule has 3 rings (SSSR count). The van der Waals surface area contributed by atoms with Crippen molar-refractivity contribution in [3.05, 3.63) is 63.8 Å². The van der Waals surface area contributed by atoms with Crippen LogP contribution in [0.3, 0.4) is 0 Å². The average Bonchev–Trinajstić information content (AvgIpc) is 3.08. The molecule has 32 heavy (non-hydrogen) atoms. The molecule has 1 saturated heterocycles. The molecule has 7 nitrogen and oxygen atoms in total. The number of amides is 1. The number of benzene rings is 2. The number of aliphatic imine (C=N–C) groups is 1. The summed E-state index contributed by atoms with van der Waals surface area (Å²) in [5.41, 5.74) is 1.29. The number of rotatable bonds is 7.